The van der Waals surface area contributed by atoms with Crippen LogP contribution in [-0.2, 0) is 6.54 Å². The Morgan fingerprint density at radius 3 is 2.81 bits per heavy atom. The Morgan fingerprint density at radius 2 is 2.05 bits per heavy atom. The fourth-order valence-electron chi connectivity index (χ4n) is 2.13. The first kappa shape index (κ1) is 14.0. The molecule has 1 aromatic heterocycles. The van der Waals surface area contributed by atoms with Crippen molar-refractivity contribution >= 4 is 0 Å². The van der Waals surface area contributed by atoms with Gasteiger partial charge in [-0.15, -0.1) is 0 Å². The number of aromatic nitrogens is 1. The summed E-state index contributed by atoms with van der Waals surface area (Å²) in [7, 11) is 0. The van der Waals surface area contributed by atoms with E-state index in [1.165, 1.54) is 25.0 Å². The molecule has 1 N–H and O–H groups in total. The molecule has 1 saturated carbocycles. The van der Waals surface area contributed by atoms with Gasteiger partial charge in [-0.05, 0) is 38.3 Å². The van der Waals surface area contributed by atoms with Crippen molar-refractivity contribution in [2.24, 2.45) is 0 Å². The van der Waals surface area contributed by atoms with Crippen molar-refractivity contribution in [2.45, 2.75) is 39.3 Å². The summed E-state index contributed by atoms with van der Waals surface area (Å²) in [5.41, 5.74) is 2.79. The lowest BCUT2D eigenvalue weighted by molar-refractivity contribution is 0.462. The highest BCUT2D eigenvalue weighted by molar-refractivity contribution is 5.41. The molecule has 0 unspecified atom stereocenters. The summed E-state index contributed by atoms with van der Waals surface area (Å²) in [4.78, 5) is 4.33. The molecule has 0 amide bonds. The predicted octanol–water partition coefficient (Wildman–Crippen LogP) is 3.88. The normalized spacial score (nSPS) is 14.2. The van der Waals surface area contributed by atoms with Crippen LogP contribution in [0.15, 0.2) is 30.5 Å². The van der Waals surface area contributed by atoms with Crippen molar-refractivity contribution in [3.63, 3.8) is 0 Å². The Bertz CT molecular complexity index is 653. The Balaban J connectivity index is 1.85. The SMILES string of the molecule is Cc1cc(Oc2cc(F)ccc2C)c(CNC2CC2)cn1. The lowest BCUT2D eigenvalue weighted by atomic mass is 10.2. The number of ether oxygens (including phenoxy) is 1. The van der Waals surface area contributed by atoms with Crippen LogP contribution in [-0.4, -0.2) is 11.0 Å². The first-order valence-corrected chi connectivity index (χ1v) is 7.25. The van der Waals surface area contributed by atoms with Crippen LogP contribution in [0.1, 0.15) is 29.7 Å². The molecular weight excluding hydrogens is 267 g/mol. The molecule has 1 aliphatic carbocycles. The van der Waals surface area contributed by atoms with Crippen LogP contribution in [0.2, 0.25) is 0 Å². The number of benzene rings is 1. The molecule has 3 rings (SSSR count). The second-order valence-corrected chi connectivity index (χ2v) is 5.60. The zero-order chi connectivity index (χ0) is 14.8. The molecule has 1 aromatic carbocycles. The van der Waals surface area contributed by atoms with E-state index >= 15 is 0 Å². The fraction of sp³-hybridized carbons (Fsp3) is 0.353. The average molecular weight is 286 g/mol. The quantitative estimate of drug-likeness (QED) is 0.905. The minimum Gasteiger partial charge on any atom is -0.457 e. The molecule has 0 radical (unpaired) electrons. The first-order chi connectivity index (χ1) is 10.1. The van der Waals surface area contributed by atoms with E-state index in [1.807, 2.05) is 26.1 Å². The van der Waals surface area contributed by atoms with Crippen molar-refractivity contribution in [1.29, 1.82) is 0 Å². The molecule has 0 spiro atoms. The van der Waals surface area contributed by atoms with Gasteiger partial charge in [0.25, 0.3) is 0 Å². The molecule has 0 saturated heterocycles. The van der Waals surface area contributed by atoms with E-state index in [9.17, 15) is 4.39 Å². The van der Waals surface area contributed by atoms with Crippen molar-refractivity contribution in [2.75, 3.05) is 0 Å². The molecule has 3 nitrogen and oxygen atoms in total. The molecule has 0 aliphatic heterocycles. The zero-order valence-electron chi connectivity index (χ0n) is 12.3. The number of pyridine rings is 1. The first-order valence-electron chi connectivity index (χ1n) is 7.25. The standard InChI is InChI=1S/C17H19FN2O/c1-11-3-4-14(18)8-16(11)21-17-7-12(2)19-9-13(17)10-20-15-5-6-15/h3-4,7-9,15,20H,5-6,10H2,1-2H3. The van der Waals surface area contributed by atoms with Gasteiger partial charge in [0.2, 0.25) is 0 Å². The second kappa shape index (κ2) is 5.82. The number of rotatable bonds is 5. The predicted molar refractivity (Wildman–Crippen MR) is 80.0 cm³/mol. The molecule has 0 atom stereocenters. The zero-order valence-corrected chi connectivity index (χ0v) is 12.3. The van der Waals surface area contributed by atoms with E-state index in [2.05, 4.69) is 10.3 Å². The van der Waals surface area contributed by atoms with Gasteiger partial charge in [0.1, 0.15) is 17.3 Å². The van der Waals surface area contributed by atoms with Crippen molar-refractivity contribution < 1.29 is 9.13 Å². The largest absolute Gasteiger partial charge is 0.457 e. The van der Waals surface area contributed by atoms with Crippen LogP contribution >= 0.6 is 0 Å². The van der Waals surface area contributed by atoms with Crippen LogP contribution in [0.4, 0.5) is 4.39 Å². The van der Waals surface area contributed by atoms with Crippen LogP contribution < -0.4 is 10.1 Å². The highest BCUT2D eigenvalue weighted by atomic mass is 19.1. The smallest absolute Gasteiger partial charge is 0.135 e. The van der Waals surface area contributed by atoms with Crippen LogP contribution in [0.5, 0.6) is 11.5 Å². The van der Waals surface area contributed by atoms with Gasteiger partial charge >= 0.3 is 0 Å². The molecule has 1 aliphatic rings. The Kier molecular flexibility index (Phi) is 3.88. The average Bonchev–Trinajstić information content (AvgIpc) is 3.26. The van der Waals surface area contributed by atoms with E-state index in [1.54, 1.807) is 6.07 Å². The summed E-state index contributed by atoms with van der Waals surface area (Å²) < 4.78 is 19.3. The highest BCUT2D eigenvalue weighted by Gasteiger charge is 2.21. The minimum atomic E-state index is -0.293. The summed E-state index contributed by atoms with van der Waals surface area (Å²) in [6, 6.07) is 7.10. The van der Waals surface area contributed by atoms with Crippen LogP contribution in [0.3, 0.4) is 0 Å². The maximum Gasteiger partial charge on any atom is 0.135 e. The summed E-state index contributed by atoms with van der Waals surface area (Å²) in [6.45, 7) is 4.55. The molecule has 1 heterocycles. The Morgan fingerprint density at radius 1 is 1.24 bits per heavy atom. The minimum absolute atomic E-state index is 0.293. The van der Waals surface area contributed by atoms with Crippen LogP contribution in [0, 0.1) is 19.7 Å². The maximum atomic E-state index is 13.4. The summed E-state index contributed by atoms with van der Waals surface area (Å²) in [6.07, 6.45) is 4.30. The van der Waals surface area contributed by atoms with Gasteiger partial charge in [-0.1, -0.05) is 6.07 Å². The van der Waals surface area contributed by atoms with Crippen molar-refractivity contribution in [3.05, 3.63) is 53.1 Å². The van der Waals surface area contributed by atoms with E-state index in [0.717, 1.165) is 29.1 Å². The molecule has 4 heteroatoms. The van der Waals surface area contributed by atoms with E-state index < -0.39 is 0 Å². The fourth-order valence-corrected chi connectivity index (χ4v) is 2.13. The monoisotopic (exact) mass is 286 g/mol. The van der Waals surface area contributed by atoms with Crippen LogP contribution in [0.25, 0.3) is 0 Å². The third kappa shape index (κ3) is 3.58. The molecule has 1 fully saturated rings. The van der Waals surface area contributed by atoms with Gasteiger partial charge in [-0.3, -0.25) is 4.98 Å². The van der Waals surface area contributed by atoms with E-state index in [-0.39, 0.29) is 5.82 Å². The lowest BCUT2D eigenvalue weighted by Gasteiger charge is -2.14. The number of nitrogens with one attached hydrogen (secondary N) is 1. The van der Waals surface area contributed by atoms with Crippen molar-refractivity contribution in [3.8, 4) is 11.5 Å². The van der Waals surface area contributed by atoms with Gasteiger partial charge in [-0.2, -0.15) is 0 Å². The van der Waals surface area contributed by atoms with E-state index in [4.69, 9.17) is 4.74 Å². The number of nitrogens with zero attached hydrogens (tertiary/aromatic N) is 1. The number of aryl methyl sites for hydroxylation is 2. The number of hydrogen-bond donors (Lipinski definition) is 1. The van der Waals surface area contributed by atoms with Gasteiger partial charge < -0.3 is 10.1 Å². The highest BCUT2D eigenvalue weighted by Crippen LogP contribution is 2.29. The topological polar surface area (TPSA) is 34.1 Å². The molecule has 2 aromatic rings. The number of hydrogen-bond acceptors (Lipinski definition) is 3. The molecule has 21 heavy (non-hydrogen) atoms. The van der Waals surface area contributed by atoms with Gasteiger partial charge in [0.05, 0.1) is 0 Å². The Labute approximate surface area is 124 Å². The third-order valence-corrected chi connectivity index (χ3v) is 3.61. The molecule has 110 valence electrons. The van der Waals surface area contributed by atoms with Gasteiger partial charge in [0.15, 0.2) is 0 Å². The summed E-state index contributed by atoms with van der Waals surface area (Å²) in [5, 5.41) is 3.45. The Hall–Kier alpha value is -1.94. The molecule has 0 bridgehead atoms. The van der Waals surface area contributed by atoms with E-state index in [0.29, 0.717) is 11.8 Å². The number of halogens is 1. The second-order valence-electron chi connectivity index (χ2n) is 5.60. The molecular formula is C17H19FN2O. The maximum absolute atomic E-state index is 13.4. The lowest BCUT2D eigenvalue weighted by Crippen LogP contribution is -2.16. The third-order valence-electron chi connectivity index (χ3n) is 3.61. The summed E-state index contributed by atoms with van der Waals surface area (Å²) >= 11 is 0. The van der Waals surface area contributed by atoms with Gasteiger partial charge in [0, 0.05) is 42.2 Å². The van der Waals surface area contributed by atoms with Crippen molar-refractivity contribution in [1.82, 2.24) is 10.3 Å². The van der Waals surface area contributed by atoms with Gasteiger partial charge in [-0.25, -0.2) is 4.39 Å². The summed E-state index contributed by atoms with van der Waals surface area (Å²) in [5.74, 6) is 0.997.